The number of aromatic nitrogens is 3. The number of rotatable bonds is 5. The average Bonchev–Trinajstić information content (AvgIpc) is 2.67. The van der Waals surface area contributed by atoms with Crippen molar-refractivity contribution in [3.05, 3.63) is 42.6 Å². The largest absolute Gasteiger partial charge is 0.376 e. The molecule has 1 atom stereocenters. The van der Waals surface area contributed by atoms with E-state index in [2.05, 4.69) is 21.9 Å². The van der Waals surface area contributed by atoms with E-state index < -0.39 is 0 Å². The lowest BCUT2D eigenvalue weighted by atomic mass is 10.1. The molecule has 6 nitrogen and oxygen atoms in total. The van der Waals surface area contributed by atoms with Crippen LogP contribution in [0.4, 0.5) is 0 Å². The van der Waals surface area contributed by atoms with Crippen molar-refractivity contribution in [3.8, 4) is 11.3 Å². The zero-order valence-corrected chi connectivity index (χ0v) is 13.9. The van der Waals surface area contributed by atoms with Gasteiger partial charge in [-0.15, -0.1) is 0 Å². The molecular weight excluding hydrogens is 304 g/mol. The van der Waals surface area contributed by atoms with Crippen LogP contribution >= 0.6 is 0 Å². The van der Waals surface area contributed by atoms with Crippen molar-refractivity contribution < 1.29 is 9.53 Å². The number of piperidine rings is 1. The summed E-state index contributed by atoms with van der Waals surface area (Å²) in [6, 6.07) is 5.46. The van der Waals surface area contributed by atoms with E-state index in [1.54, 1.807) is 18.5 Å². The summed E-state index contributed by atoms with van der Waals surface area (Å²) in [5, 5.41) is 0. The predicted molar refractivity (Wildman–Crippen MR) is 90.4 cm³/mol. The Morgan fingerprint density at radius 2 is 2.17 bits per heavy atom. The monoisotopic (exact) mass is 326 g/mol. The van der Waals surface area contributed by atoms with Crippen LogP contribution in [-0.4, -0.2) is 51.6 Å². The Morgan fingerprint density at radius 1 is 1.33 bits per heavy atom. The second-order valence-corrected chi connectivity index (χ2v) is 5.92. The van der Waals surface area contributed by atoms with Crippen molar-refractivity contribution in [1.29, 1.82) is 0 Å². The number of amides is 1. The van der Waals surface area contributed by atoms with E-state index in [9.17, 15) is 4.79 Å². The number of hydrogen-bond acceptors (Lipinski definition) is 5. The van der Waals surface area contributed by atoms with Gasteiger partial charge in [0.15, 0.2) is 0 Å². The SMILES string of the molecule is CCCOC1CCCN(C(=O)c2cccc(-c3cncnc3)n2)C1. The summed E-state index contributed by atoms with van der Waals surface area (Å²) in [6.45, 7) is 4.23. The lowest BCUT2D eigenvalue weighted by Gasteiger charge is -2.32. The molecule has 0 bridgehead atoms. The molecule has 2 aromatic rings. The number of pyridine rings is 1. The molecule has 0 aliphatic carbocycles. The molecule has 126 valence electrons. The van der Waals surface area contributed by atoms with Gasteiger partial charge in [-0.3, -0.25) is 4.79 Å². The Bertz CT molecular complexity index is 678. The molecule has 1 amide bonds. The second-order valence-electron chi connectivity index (χ2n) is 5.92. The molecule has 2 aromatic heterocycles. The molecule has 0 radical (unpaired) electrons. The maximum atomic E-state index is 12.8. The molecule has 0 N–H and O–H groups in total. The number of likely N-dealkylation sites (tertiary alicyclic amines) is 1. The maximum Gasteiger partial charge on any atom is 0.272 e. The summed E-state index contributed by atoms with van der Waals surface area (Å²) in [6.07, 6.45) is 7.97. The van der Waals surface area contributed by atoms with E-state index in [0.29, 0.717) is 17.9 Å². The molecule has 0 saturated carbocycles. The summed E-state index contributed by atoms with van der Waals surface area (Å²) < 4.78 is 5.81. The summed E-state index contributed by atoms with van der Waals surface area (Å²) in [7, 11) is 0. The first-order valence-corrected chi connectivity index (χ1v) is 8.41. The zero-order chi connectivity index (χ0) is 16.8. The number of ether oxygens (including phenoxy) is 1. The van der Waals surface area contributed by atoms with E-state index in [-0.39, 0.29) is 12.0 Å². The van der Waals surface area contributed by atoms with Crippen LogP contribution in [0.25, 0.3) is 11.3 Å². The molecule has 1 aliphatic rings. The molecule has 1 aliphatic heterocycles. The number of nitrogens with zero attached hydrogens (tertiary/aromatic N) is 4. The van der Waals surface area contributed by atoms with Crippen LogP contribution in [0, 0.1) is 0 Å². The quantitative estimate of drug-likeness (QED) is 0.845. The van der Waals surface area contributed by atoms with Gasteiger partial charge in [-0.1, -0.05) is 13.0 Å². The minimum Gasteiger partial charge on any atom is -0.376 e. The lowest BCUT2D eigenvalue weighted by molar-refractivity contribution is 0.00193. The highest BCUT2D eigenvalue weighted by atomic mass is 16.5. The lowest BCUT2D eigenvalue weighted by Crippen LogP contribution is -2.43. The highest BCUT2D eigenvalue weighted by molar-refractivity contribution is 5.93. The van der Waals surface area contributed by atoms with Crippen molar-refractivity contribution in [2.24, 2.45) is 0 Å². The van der Waals surface area contributed by atoms with Gasteiger partial charge in [0.05, 0.1) is 11.8 Å². The highest BCUT2D eigenvalue weighted by Crippen LogP contribution is 2.18. The van der Waals surface area contributed by atoms with Crippen LogP contribution in [0.2, 0.25) is 0 Å². The third-order valence-corrected chi connectivity index (χ3v) is 4.05. The Hall–Kier alpha value is -2.34. The third-order valence-electron chi connectivity index (χ3n) is 4.05. The van der Waals surface area contributed by atoms with Crippen LogP contribution in [0.1, 0.15) is 36.7 Å². The first-order valence-electron chi connectivity index (χ1n) is 8.41. The van der Waals surface area contributed by atoms with E-state index in [1.807, 2.05) is 17.0 Å². The first kappa shape index (κ1) is 16.5. The Kier molecular flexibility index (Phi) is 5.48. The van der Waals surface area contributed by atoms with E-state index >= 15 is 0 Å². The minimum atomic E-state index is -0.0431. The molecule has 24 heavy (non-hydrogen) atoms. The molecule has 3 heterocycles. The molecule has 1 unspecified atom stereocenters. The smallest absolute Gasteiger partial charge is 0.272 e. The van der Waals surface area contributed by atoms with Crippen LogP contribution in [-0.2, 0) is 4.74 Å². The van der Waals surface area contributed by atoms with Gasteiger partial charge in [0.1, 0.15) is 12.0 Å². The molecule has 3 rings (SSSR count). The van der Waals surface area contributed by atoms with Crippen LogP contribution < -0.4 is 0 Å². The molecule has 1 fully saturated rings. The summed E-state index contributed by atoms with van der Waals surface area (Å²) in [5.41, 5.74) is 1.96. The van der Waals surface area contributed by atoms with Gasteiger partial charge < -0.3 is 9.64 Å². The molecule has 6 heteroatoms. The van der Waals surface area contributed by atoms with Gasteiger partial charge in [-0.2, -0.15) is 0 Å². The van der Waals surface area contributed by atoms with Crippen LogP contribution in [0.15, 0.2) is 36.9 Å². The predicted octanol–water partition coefficient (Wildman–Crippen LogP) is 2.57. The molecule has 0 aromatic carbocycles. The van der Waals surface area contributed by atoms with Gasteiger partial charge in [-0.05, 0) is 31.4 Å². The van der Waals surface area contributed by atoms with Gasteiger partial charge in [-0.25, -0.2) is 15.0 Å². The zero-order valence-electron chi connectivity index (χ0n) is 13.9. The van der Waals surface area contributed by atoms with Crippen LogP contribution in [0.5, 0.6) is 0 Å². The Labute approximate surface area is 141 Å². The van der Waals surface area contributed by atoms with E-state index in [4.69, 9.17) is 4.74 Å². The normalized spacial score (nSPS) is 17.7. The fourth-order valence-electron chi connectivity index (χ4n) is 2.85. The topological polar surface area (TPSA) is 68.2 Å². The number of carbonyl (C=O) groups is 1. The maximum absolute atomic E-state index is 12.8. The molecule has 1 saturated heterocycles. The molecular formula is C18H22N4O2. The minimum absolute atomic E-state index is 0.0431. The van der Waals surface area contributed by atoms with Gasteiger partial charge in [0, 0.05) is 37.7 Å². The Morgan fingerprint density at radius 3 is 2.96 bits per heavy atom. The van der Waals surface area contributed by atoms with Crippen molar-refractivity contribution >= 4 is 5.91 Å². The number of hydrogen-bond donors (Lipinski definition) is 0. The third kappa shape index (κ3) is 3.94. The Balaban J connectivity index is 1.73. The van der Waals surface area contributed by atoms with Crippen molar-refractivity contribution in [2.75, 3.05) is 19.7 Å². The van der Waals surface area contributed by atoms with Crippen LogP contribution in [0.3, 0.4) is 0 Å². The second kappa shape index (κ2) is 7.97. The standard InChI is InChI=1S/C18H22N4O2/c1-2-9-24-15-5-4-8-22(12-15)18(23)17-7-3-6-16(21-17)14-10-19-13-20-11-14/h3,6-7,10-11,13,15H,2,4-5,8-9,12H2,1H3. The van der Waals surface area contributed by atoms with Crippen molar-refractivity contribution in [3.63, 3.8) is 0 Å². The molecule has 0 spiro atoms. The average molecular weight is 326 g/mol. The fraction of sp³-hybridized carbons (Fsp3) is 0.444. The van der Waals surface area contributed by atoms with E-state index in [0.717, 1.165) is 38.0 Å². The van der Waals surface area contributed by atoms with Gasteiger partial charge >= 0.3 is 0 Å². The van der Waals surface area contributed by atoms with Crippen molar-refractivity contribution in [2.45, 2.75) is 32.3 Å². The summed E-state index contributed by atoms with van der Waals surface area (Å²) in [5.74, 6) is -0.0431. The van der Waals surface area contributed by atoms with Gasteiger partial charge in [0.2, 0.25) is 0 Å². The fourth-order valence-corrected chi connectivity index (χ4v) is 2.85. The summed E-state index contributed by atoms with van der Waals surface area (Å²) in [4.78, 5) is 27.1. The van der Waals surface area contributed by atoms with E-state index in [1.165, 1.54) is 6.33 Å². The number of carbonyl (C=O) groups excluding carboxylic acids is 1. The highest BCUT2D eigenvalue weighted by Gasteiger charge is 2.25. The first-order chi connectivity index (χ1) is 11.8. The van der Waals surface area contributed by atoms with Crippen molar-refractivity contribution in [1.82, 2.24) is 19.9 Å². The summed E-state index contributed by atoms with van der Waals surface area (Å²) >= 11 is 0. The van der Waals surface area contributed by atoms with Gasteiger partial charge in [0.25, 0.3) is 5.91 Å².